The minimum Gasteiger partial charge on any atom is -0.481 e. The first-order valence-electron chi connectivity index (χ1n) is 6.24. The van der Waals surface area contributed by atoms with E-state index in [0.717, 1.165) is 0 Å². The second kappa shape index (κ2) is 7.78. The second-order valence-electron chi connectivity index (χ2n) is 4.43. The van der Waals surface area contributed by atoms with Crippen molar-refractivity contribution in [3.05, 3.63) is 0 Å². The Morgan fingerprint density at radius 2 is 1.89 bits per heavy atom. The Balaban J connectivity index is 2.32. The highest BCUT2D eigenvalue weighted by molar-refractivity contribution is 7.89. The number of rotatable bonds is 8. The number of carbonyl (C=O) groups is 1. The number of nitrogens with zero attached hydrogens (tertiary/aromatic N) is 1. The van der Waals surface area contributed by atoms with Gasteiger partial charge in [0.05, 0.1) is 31.5 Å². The van der Waals surface area contributed by atoms with Crippen LogP contribution in [-0.2, 0) is 24.3 Å². The number of ether oxygens (including phenoxy) is 2. The molecule has 1 aliphatic heterocycles. The summed E-state index contributed by atoms with van der Waals surface area (Å²) in [6.07, 6.45) is 0.748. The number of aliphatic carboxylic acids is 1. The molecule has 1 fully saturated rings. The Labute approximate surface area is 113 Å². The predicted molar refractivity (Wildman–Crippen MR) is 68.4 cm³/mol. The van der Waals surface area contributed by atoms with Gasteiger partial charge in [0.25, 0.3) is 0 Å². The molecule has 1 N–H and O–H groups in total. The maximum absolute atomic E-state index is 12.0. The Kier molecular flexibility index (Phi) is 6.70. The van der Waals surface area contributed by atoms with E-state index in [1.165, 1.54) is 4.31 Å². The molecule has 1 heterocycles. The normalized spacial score (nSPS) is 18.6. The minimum absolute atomic E-state index is 0.0749. The zero-order chi connectivity index (χ0) is 14.3. The van der Waals surface area contributed by atoms with Crippen LogP contribution in [0, 0.1) is 5.92 Å². The molecule has 0 aliphatic carbocycles. The highest BCUT2D eigenvalue weighted by atomic mass is 32.2. The summed E-state index contributed by atoms with van der Waals surface area (Å²) < 4.78 is 35.2. The molecule has 0 unspecified atom stereocenters. The van der Waals surface area contributed by atoms with Gasteiger partial charge in [-0.1, -0.05) is 0 Å². The highest BCUT2D eigenvalue weighted by Gasteiger charge is 2.30. The van der Waals surface area contributed by atoms with Gasteiger partial charge >= 0.3 is 5.97 Å². The predicted octanol–water partition coefficient (Wildman–Crippen LogP) is -0.224. The van der Waals surface area contributed by atoms with Crippen LogP contribution >= 0.6 is 0 Å². The topological polar surface area (TPSA) is 93.1 Å². The maximum atomic E-state index is 12.0. The van der Waals surface area contributed by atoms with E-state index in [2.05, 4.69) is 0 Å². The van der Waals surface area contributed by atoms with E-state index in [-0.39, 0.29) is 25.4 Å². The van der Waals surface area contributed by atoms with Crippen molar-refractivity contribution in [1.29, 1.82) is 0 Å². The third kappa shape index (κ3) is 5.43. The minimum atomic E-state index is -3.35. The smallest absolute Gasteiger partial charge is 0.306 e. The molecule has 0 radical (unpaired) electrons. The van der Waals surface area contributed by atoms with Crippen LogP contribution in [0.15, 0.2) is 0 Å². The Morgan fingerprint density at radius 1 is 1.26 bits per heavy atom. The SMILES string of the molecule is COCCOCCS(=O)(=O)N1CCC(C(=O)O)CC1. The summed E-state index contributed by atoms with van der Waals surface area (Å²) in [7, 11) is -1.80. The van der Waals surface area contributed by atoms with Crippen LogP contribution in [0.4, 0.5) is 0 Å². The van der Waals surface area contributed by atoms with Crippen molar-refractivity contribution in [2.24, 2.45) is 5.92 Å². The van der Waals surface area contributed by atoms with E-state index < -0.39 is 21.9 Å². The average Bonchev–Trinajstić information content (AvgIpc) is 2.38. The molecule has 7 nitrogen and oxygen atoms in total. The van der Waals surface area contributed by atoms with Crippen LogP contribution in [-0.4, -0.2) is 69.6 Å². The average molecular weight is 295 g/mol. The van der Waals surface area contributed by atoms with Crippen molar-refractivity contribution in [3.8, 4) is 0 Å². The number of carboxylic acids is 1. The number of carboxylic acid groups (broad SMARTS) is 1. The van der Waals surface area contributed by atoms with Gasteiger partial charge in [-0.25, -0.2) is 12.7 Å². The van der Waals surface area contributed by atoms with Crippen molar-refractivity contribution in [2.45, 2.75) is 12.8 Å². The van der Waals surface area contributed by atoms with Crippen LogP contribution in [0.25, 0.3) is 0 Å². The molecule has 0 atom stereocenters. The van der Waals surface area contributed by atoms with Crippen LogP contribution in [0.5, 0.6) is 0 Å². The lowest BCUT2D eigenvalue weighted by Crippen LogP contribution is -2.42. The Morgan fingerprint density at radius 3 is 2.42 bits per heavy atom. The summed E-state index contributed by atoms with van der Waals surface area (Å²) in [6, 6.07) is 0. The molecule has 0 saturated carbocycles. The first-order chi connectivity index (χ1) is 8.97. The Bertz CT molecular complexity index is 375. The molecule has 1 aliphatic rings. The summed E-state index contributed by atoms with van der Waals surface area (Å²) in [5.41, 5.74) is 0. The third-order valence-corrected chi connectivity index (χ3v) is 4.95. The molecule has 0 bridgehead atoms. The van der Waals surface area contributed by atoms with E-state index in [1.807, 2.05) is 0 Å². The van der Waals surface area contributed by atoms with Gasteiger partial charge in [-0.2, -0.15) is 0 Å². The maximum Gasteiger partial charge on any atom is 0.306 e. The van der Waals surface area contributed by atoms with Crippen molar-refractivity contribution in [1.82, 2.24) is 4.31 Å². The lowest BCUT2D eigenvalue weighted by atomic mass is 9.99. The van der Waals surface area contributed by atoms with Crippen LogP contribution < -0.4 is 0 Å². The van der Waals surface area contributed by atoms with Crippen molar-refractivity contribution in [2.75, 3.05) is 45.8 Å². The molecule has 0 spiro atoms. The molecule has 1 rings (SSSR count). The summed E-state index contributed by atoms with van der Waals surface area (Å²) in [5.74, 6) is -1.35. The van der Waals surface area contributed by atoms with E-state index in [9.17, 15) is 13.2 Å². The van der Waals surface area contributed by atoms with Gasteiger partial charge < -0.3 is 14.6 Å². The van der Waals surface area contributed by atoms with Gasteiger partial charge in [-0.15, -0.1) is 0 Å². The fourth-order valence-corrected chi connectivity index (χ4v) is 3.27. The summed E-state index contributed by atoms with van der Waals surface area (Å²) >= 11 is 0. The fraction of sp³-hybridized carbons (Fsp3) is 0.909. The van der Waals surface area contributed by atoms with E-state index in [1.54, 1.807) is 7.11 Å². The molecule has 0 aromatic carbocycles. The van der Waals surface area contributed by atoms with Gasteiger partial charge in [0.2, 0.25) is 10.0 Å². The van der Waals surface area contributed by atoms with E-state index >= 15 is 0 Å². The molecule has 1 saturated heterocycles. The highest BCUT2D eigenvalue weighted by Crippen LogP contribution is 2.19. The molecular formula is C11H21NO6S. The molecule has 8 heteroatoms. The third-order valence-electron chi connectivity index (χ3n) is 3.11. The van der Waals surface area contributed by atoms with Crippen LogP contribution in [0.2, 0.25) is 0 Å². The number of hydrogen-bond donors (Lipinski definition) is 1. The summed E-state index contributed by atoms with van der Waals surface area (Å²) in [4.78, 5) is 10.8. The molecule has 0 aromatic rings. The fourth-order valence-electron chi connectivity index (χ4n) is 1.92. The standard InChI is InChI=1S/C11H21NO6S/c1-17-6-7-18-8-9-19(15,16)12-4-2-10(3-5-12)11(13)14/h10H,2-9H2,1H3,(H,13,14). The quantitative estimate of drug-likeness (QED) is 0.622. The molecular weight excluding hydrogens is 274 g/mol. The number of hydrogen-bond acceptors (Lipinski definition) is 5. The van der Waals surface area contributed by atoms with Gasteiger partial charge in [0.15, 0.2) is 0 Å². The van der Waals surface area contributed by atoms with Crippen molar-refractivity contribution >= 4 is 16.0 Å². The number of piperidine rings is 1. The van der Waals surface area contributed by atoms with Crippen molar-refractivity contribution in [3.63, 3.8) is 0 Å². The monoisotopic (exact) mass is 295 g/mol. The molecule has 0 aromatic heterocycles. The van der Waals surface area contributed by atoms with E-state index in [4.69, 9.17) is 14.6 Å². The van der Waals surface area contributed by atoms with Gasteiger partial charge in [-0.05, 0) is 12.8 Å². The number of sulfonamides is 1. The van der Waals surface area contributed by atoms with Crippen molar-refractivity contribution < 1.29 is 27.8 Å². The second-order valence-corrected chi connectivity index (χ2v) is 6.52. The number of methoxy groups -OCH3 is 1. The first kappa shape index (κ1) is 16.4. The van der Waals surface area contributed by atoms with E-state index in [0.29, 0.717) is 26.1 Å². The molecule has 112 valence electrons. The van der Waals surface area contributed by atoms with Crippen LogP contribution in [0.1, 0.15) is 12.8 Å². The molecule has 19 heavy (non-hydrogen) atoms. The first-order valence-corrected chi connectivity index (χ1v) is 7.85. The lowest BCUT2D eigenvalue weighted by molar-refractivity contribution is -0.142. The van der Waals surface area contributed by atoms with Gasteiger partial charge in [0.1, 0.15) is 0 Å². The van der Waals surface area contributed by atoms with Crippen LogP contribution in [0.3, 0.4) is 0 Å². The zero-order valence-corrected chi connectivity index (χ0v) is 11.9. The van der Waals surface area contributed by atoms with Gasteiger partial charge in [-0.3, -0.25) is 4.79 Å². The zero-order valence-electron chi connectivity index (χ0n) is 11.1. The lowest BCUT2D eigenvalue weighted by Gasteiger charge is -2.29. The largest absolute Gasteiger partial charge is 0.481 e. The summed E-state index contributed by atoms with van der Waals surface area (Å²) in [5, 5.41) is 8.85. The molecule has 0 amide bonds. The Hall–Kier alpha value is -0.700. The summed E-state index contributed by atoms with van der Waals surface area (Å²) in [6.45, 7) is 1.48. The van der Waals surface area contributed by atoms with Gasteiger partial charge in [0, 0.05) is 20.2 Å².